The van der Waals surface area contributed by atoms with E-state index in [0.717, 1.165) is 67.3 Å². The Morgan fingerprint density at radius 3 is 2.15 bits per heavy atom. The molecule has 14 heteroatoms. The maximum atomic E-state index is 11.1. The number of benzene rings is 3. The van der Waals surface area contributed by atoms with Crippen LogP contribution in [0.2, 0.25) is 0 Å². The lowest BCUT2D eigenvalue weighted by molar-refractivity contribution is 0.0697. The number of aryl methyl sites for hydroxylation is 1. The fraction of sp³-hybridized carbons (Fsp3) is 0.312. The van der Waals surface area contributed by atoms with E-state index in [1.54, 1.807) is 43.0 Å². The Bertz CT molecular complexity index is 1850. The second kappa shape index (κ2) is 14.0. The van der Waals surface area contributed by atoms with Gasteiger partial charge in [0.2, 0.25) is 0 Å². The van der Waals surface area contributed by atoms with Gasteiger partial charge < -0.3 is 38.5 Å². The summed E-state index contributed by atoms with van der Waals surface area (Å²) in [5.74, 6) is 1.49. The quantitative estimate of drug-likeness (QED) is 0.138. The van der Waals surface area contributed by atoms with E-state index in [0.29, 0.717) is 31.2 Å². The van der Waals surface area contributed by atoms with Crippen LogP contribution in [-0.2, 0) is 13.1 Å². The molecule has 0 saturated carbocycles. The topological polar surface area (TPSA) is 144 Å². The van der Waals surface area contributed by atoms with Crippen molar-refractivity contribution < 1.29 is 34.0 Å². The van der Waals surface area contributed by atoms with E-state index in [-0.39, 0.29) is 11.3 Å². The van der Waals surface area contributed by atoms with Crippen LogP contribution in [-0.4, -0.2) is 98.2 Å². The number of ether oxygens (including phenoxy) is 3. The summed E-state index contributed by atoms with van der Waals surface area (Å²) >= 11 is 5.64. The maximum Gasteiger partial charge on any atom is 0.511 e. The average molecular weight is 649 g/mol. The molecule has 2 N–H and O–H groups in total. The first-order valence-corrected chi connectivity index (χ1v) is 15.4. The molecule has 5 aromatic rings. The van der Waals surface area contributed by atoms with Crippen LogP contribution < -0.4 is 19.1 Å². The Balaban J connectivity index is 0.000000196. The minimum absolute atomic E-state index is 0.260. The van der Waals surface area contributed by atoms with E-state index >= 15 is 0 Å². The van der Waals surface area contributed by atoms with Crippen LogP contribution in [0.15, 0.2) is 67.3 Å². The van der Waals surface area contributed by atoms with Crippen molar-refractivity contribution >= 4 is 51.5 Å². The predicted molar refractivity (Wildman–Crippen MR) is 172 cm³/mol. The van der Waals surface area contributed by atoms with Gasteiger partial charge in [-0.3, -0.25) is 4.90 Å². The van der Waals surface area contributed by atoms with Crippen LogP contribution >= 0.6 is 11.6 Å². The summed E-state index contributed by atoms with van der Waals surface area (Å²) in [5.41, 5.74) is 4.72. The largest absolute Gasteiger partial charge is 0.511 e. The monoisotopic (exact) mass is 648 g/mol. The standard InChI is InChI=1S/C22H24N4O4.C10H9ClN2O3/c27-22(28)16-1-3-19-18(13-16)23-15-26(19)10-7-24-5-8-25(9-6-24)17-2-4-20-21(14-17)30-12-11-29-20;11-3-4-13-6-12-8-5-7(16-10(14)15)1-2-9(8)13/h1-4,13-15H,5-12H2,(H,27,28);1-2,5-6H,3-4H2,(H,14,15). The van der Waals surface area contributed by atoms with Crippen molar-refractivity contribution in [2.24, 2.45) is 0 Å². The summed E-state index contributed by atoms with van der Waals surface area (Å²) in [4.78, 5) is 34.8. The molecule has 4 heterocycles. The number of carboxylic acids is 1. The molecule has 2 aliphatic rings. The molecule has 0 bridgehead atoms. The van der Waals surface area contributed by atoms with Gasteiger partial charge in [-0.2, -0.15) is 0 Å². The molecule has 3 aromatic carbocycles. The number of piperazine rings is 1. The van der Waals surface area contributed by atoms with E-state index in [1.165, 1.54) is 5.69 Å². The second-order valence-electron chi connectivity index (χ2n) is 10.7. The number of carbonyl (C=O) groups is 2. The van der Waals surface area contributed by atoms with Gasteiger partial charge in [0.15, 0.2) is 11.5 Å². The molecule has 0 spiro atoms. The van der Waals surface area contributed by atoms with Crippen molar-refractivity contribution in [2.75, 3.05) is 56.7 Å². The molecule has 240 valence electrons. The molecule has 0 unspecified atom stereocenters. The third-order valence-corrected chi connectivity index (χ3v) is 8.08. The number of hydrogen-bond donors (Lipinski definition) is 2. The van der Waals surface area contributed by atoms with Gasteiger partial charge in [-0.25, -0.2) is 19.6 Å². The third kappa shape index (κ3) is 7.11. The zero-order valence-corrected chi connectivity index (χ0v) is 25.7. The Morgan fingerprint density at radius 1 is 0.783 bits per heavy atom. The molecule has 1 fully saturated rings. The highest BCUT2D eigenvalue weighted by molar-refractivity contribution is 6.17. The first kappa shape index (κ1) is 31.0. The minimum atomic E-state index is -1.33. The number of fused-ring (bicyclic) bond motifs is 3. The number of imidazole rings is 2. The lowest BCUT2D eigenvalue weighted by atomic mass is 10.2. The van der Waals surface area contributed by atoms with Crippen LogP contribution in [0.4, 0.5) is 10.5 Å². The Morgan fingerprint density at radius 2 is 1.46 bits per heavy atom. The lowest BCUT2D eigenvalue weighted by Gasteiger charge is -2.36. The Hall–Kier alpha value is -5.01. The van der Waals surface area contributed by atoms with Gasteiger partial charge in [0.1, 0.15) is 19.0 Å². The minimum Gasteiger partial charge on any atom is -0.486 e. The average Bonchev–Trinajstić information content (AvgIpc) is 3.67. The van der Waals surface area contributed by atoms with Crippen molar-refractivity contribution in [3.05, 3.63) is 72.8 Å². The van der Waals surface area contributed by atoms with Crippen LogP contribution in [0.5, 0.6) is 17.2 Å². The van der Waals surface area contributed by atoms with Crippen LogP contribution in [0.25, 0.3) is 22.1 Å². The zero-order valence-electron chi connectivity index (χ0n) is 24.9. The number of halogens is 1. The van der Waals surface area contributed by atoms with E-state index in [4.69, 9.17) is 31.3 Å². The zero-order chi connectivity index (χ0) is 32.0. The highest BCUT2D eigenvalue weighted by atomic mass is 35.5. The Kier molecular flexibility index (Phi) is 9.41. The van der Waals surface area contributed by atoms with Crippen molar-refractivity contribution in [1.82, 2.24) is 24.0 Å². The molecule has 1 saturated heterocycles. The molecule has 0 aliphatic carbocycles. The van der Waals surface area contributed by atoms with Gasteiger partial charge in [0, 0.05) is 69.5 Å². The Labute approximate surface area is 269 Å². The fourth-order valence-corrected chi connectivity index (χ4v) is 5.74. The van der Waals surface area contributed by atoms with Crippen LogP contribution in [0.3, 0.4) is 0 Å². The van der Waals surface area contributed by atoms with Crippen molar-refractivity contribution in [1.29, 1.82) is 0 Å². The number of anilines is 1. The smallest absolute Gasteiger partial charge is 0.486 e. The van der Waals surface area contributed by atoms with Gasteiger partial charge >= 0.3 is 12.1 Å². The number of aromatic carboxylic acids is 1. The molecular weight excluding hydrogens is 616 g/mol. The molecule has 46 heavy (non-hydrogen) atoms. The van der Waals surface area contributed by atoms with Gasteiger partial charge in [0.25, 0.3) is 0 Å². The van der Waals surface area contributed by atoms with Crippen molar-refractivity contribution in [3.63, 3.8) is 0 Å². The van der Waals surface area contributed by atoms with Gasteiger partial charge in [-0.1, -0.05) is 0 Å². The molecule has 2 aromatic heterocycles. The van der Waals surface area contributed by atoms with Crippen LogP contribution in [0, 0.1) is 0 Å². The number of nitrogens with zero attached hydrogens (tertiary/aromatic N) is 6. The first-order chi connectivity index (χ1) is 22.4. The van der Waals surface area contributed by atoms with E-state index in [9.17, 15) is 9.59 Å². The van der Waals surface area contributed by atoms with Crippen molar-refractivity contribution in [2.45, 2.75) is 13.1 Å². The normalized spacial score (nSPS) is 14.6. The van der Waals surface area contributed by atoms with E-state index in [2.05, 4.69) is 41.2 Å². The summed E-state index contributed by atoms with van der Waals surface area (Å²) in [5, 5.41) is 17.6. The molecule has 13 nitrogen and oxygen atoms in total. The molecular formula is C32H33ClN6O7. The molecule has 0 amide bonds. The summed E-state index contributed by atoms with van der Waals surface area (Å²) in [6.07, 6.45) is 2.12. The molecule has 7 rings (SSSR count). The van der Waals surface area contributed by atoms with Gasteiger partial charge in [0.05, 0.1) is 40.3 Å². The van der Waals surface area contributed by atoms with Crippen LogP contribution in [0.1, 0.15) is 10.4 Å². The predicted octanol–water partition coefficient (Wildman–Crippen LogP) is 4.66. The SMILES string of the molecule is O=C(O)Oc1ccc2c(c1)ncn2CCCl.O=C(O)c1ccc2c(c1)ncn2CCN1CCN(c2ccc3c(c2)OCCO3)CC1. The van der Waals surface area contributed by atoms with E-state index < -0.39 is 12.1 Å². The number of alkyl halides is 1. The lowest BCUT2D eigenvalue weighted by Crippen LogP contribution is -2.47. The summed E-state index contributed by atoms with van der Waals surface area (Å²) in [6, 6.07) is 16.2. The molecule has 2 aliphatic heterocycles. The fourth-order valence-electron chi connectivity index (χ4n) is 5.56. The third-order valence-electron chi connectivity index (χ3n) is 7.91. The second-order valence-corrected chi connectivity index (χ2v) is 11.1. The first-order valence-electron chi connectivity index (χ1n) is 14.8. The number of hydrogen-bond acceptors (Lipinski definition) is 9. The highest BCUT2D eigenvalue weighted by Crippen LogP contribution is 2.34. The van der Waals surface area contributed by atoms with Gasteiger partial charge in [-0.15, -0.1) is 11.6 Å². The van der Waals surface area contributed by atoms with E-state index in [1.807, 2.05) is 16.7 Å². The summed E-state index contributed by atoms with van der Waals surface area (Å²) < 4.78 is 19.8. The number of rotatable bonds is 8. The van der Waals surface area contributed by atoms with Gasteiger partial charge in [-0.05, 0) is 42.5 Å². The highest BCUT2D eigenvalue weighted by Gasteiger charge is 2.20. The maximum absolute atomic E-state index is 11.1. The summed E-state index contributed by atoms with van der Waals surface area (Å²) in [6.45, 7) is 7.54. The van der Waals surface area contributed by atoms with Crippen molar-refractivity contribution in [3.8, 4) is 17.2 Å². The molecule has 0 atom stereocenters. The number of carboxylic acid groups (broad SMARTS) is 2. The summed E-state index contributed by atoms with van der Waals surface area (Å²) in [7, 11) is 0. The molecule has 0 radical (unpaired) electrons. The number of aromatic nitrogens is 4.